The Balaban J connectivity index is 0.737. The second kappa shape index (κ2) is 21.6. The second-order valence-electron chi connectivity index (χ2n) is 21.4. The van der Waals surface area contributed by atoms with Gasteiger partial charge in [-0.2, -0.15) is 13.2 Å². The average molecular weight is 1100 g/mol. The van der Waals surface area contributed by atoms with Crippen LogP contribution in [0.1, 0.15) is 105 Å². The first-order valence-corrected chi connectivity index (χ1v) is 27.0. The Morgan fingerprint density at radius 1 is 0.747 bits per heavy atom. The molecule has 25 heteroatoms. The van der Waals surface area contributed by atoms with Crippen LogP contribution in [0.3, 0.4) is 0 Å². The van der Waals surface area contributed by atoms with Crippen LogP contribution in [0.2, 0.25) is 0 Å². The predicted octanol–water partition coefficient (Wildman–Crippen LogP) is 7.86. The molecule has 2 aromatic carbocycles. The summed E-state index contributed by atoms with van der Waals surface area (Å²) in [5.41, 5.74) is 0.923. The maximum absolute atomic E-state index is 16.7. The van der Waals surface area contributed by atoms with Gasteiger partial charge in [0.25, 0.3) is 0 Å². The molecule has 3 aromatic heterocycles. The van der Waals surface area contributed by atoms with Crippen LogP contribution in [0.5, 0.6) is 0 Å². The number of H-pyrrole nitrogens is 2. The highest BCUT2D eigenvalue weighted by Gasteiger charge is 2.42. The van der Waals surface area contributed by atoms with E-state index in [0.717, 1.165) is 28.7 Å². The lowest BCUT2D eigenvalue weighted by Crippen LogP contribution is -2.54. The van der Waals surface area contributed by atoms with Gasteiger partial charge in [0.15, 0.2) is 28.9 Å². The zero-order valence-corrected chi connectivity index (χ0v) is 43.3. The lowest BCUT2D eigenvalue weighted by Gasteiger charge is -2.35. The van der Waals surface area contributed by atoms with Crippen molar-refractivity contribution in [3.8, 4) is 0 Å². The number of anilines is 2. The molecular formula is C54H61F7N14O4. The number of aromatic nitrogens is 5. The highest BCUT2D eigenvalue weighted by Crippen LogP contribution is 2.40. The Morgan fingerprint density at radius 3 is 2.09 bits per heavy atom. The zero-order valence-electron chi connectivity index (χ0n) is 43.3. The van der Waals surface area contributed by atoms with Gasteiger partial charge in [-0.05, 0) is 99.3 Å². The van der Waals surface area contributed by atoms with Crippen LogP contribution in [0.15, 0.2) is 69.3 Å². The maximum Gasteiger partial charge on any atom is 0.405 e. The Bertz CT molecular complexity index is 3340. The molecule has 6 aliphatic rings. The number of likely N-dealkylation sites (tertiary alicyclic amines) is 3. The minimum atomic E-state index is -4.72. The van der Waals surface area contributed by atoms with Crippen LogP contribution in [0.4, 0.5) is 51.8 Å². The average Bonchev–Trinajstić information content (AvgIpc) is 4.21. The van der Waals surface area contributed by atoms with E-state index in [4.69, 9.17) is 10.4 Å². The number of rotatable bonds is 9. The summed E-state index contributed by atoms with van der Waals surface area (Å²) in [5.74, 6) is -5.27. The standard InChI is InChI=1S/C54H61F7N14O4/c1-2-32-26-64-48-39(66-51(77)70-22-16-33(17-23-70)74-41-8-4-20-63-47(41)67-52(74)78)14-11-31(28-73(32)48)36-12-15-40(45(58)44(36)57)72-21-5-9-42-49(72)68-53(79)75(42)34-18-24-69(25-19-34)50(76)65-38-13-10-30(35-6-3-7-37(55)43(35)56)27-71(46(38)62)29-54(59,60)61/h3-9,12,15,20,30-34,38-39,62H,2,10-11,13-14,16-19,21-29H2,1H3,(H,65,76)(H,66,77)(H,68,79)(H,63,67,78)/t30-,31-,32?,38-,39-/m1/s1. The molecule has 0 bridgehead atoms. The number of aliphatic imine (C=N–C) groups is 1. The summed E-state index contributed by atoms with van der Waals surface area (Å²) in [6, 6.07) is 7.18. The van der Waals surface area contributed by atoms with Crippen LogP contribution in [0, 0.1) is 28.7 Å². The molecule has 9 heterocycles. The molecule has 11 rings (SSSR count). The second-order valence-corrected chi connectivity index (χ2v) is 21.4. The van der Waals surface area contributed by atoms with Gasteiger partial charge in [-0.3, -0.25) is 29.5 Å². The highest BCUT2D eigenvalue weighted by molar-refractivity contribution is 5.93. The first-order chi connectivity index (χ1) is 38.0. The van der Waals surface area contributed by atoms with Crippen molar-refractivity contribution in [1.82, 2.24) is 54.3 Å². The summed E-state index contributed by atoms with van der Waals surface area (Å²) in [6.07, 6.45) is 3.73. The number of alkyl halides is 3. The number of nitrogens with one attached hydrogen (secondary N) is 5. The first-order valence-electron chi connectivity index (χ1n) is 27.0. The summed E-state index contributed by atoms with van der Waals surface area (Å²) >= 11 is 0. The van der Waals surface area contributed by atoms with Crippen molar-refractivity contribution in [2.75, 3.05) is 63.8 Å². The number of benzene rings is 2. The Hall–Kier alpha value is -7.60. The van der Waals surface area contributed by atoms with Crippen LogP contribution in [-0.4, -0.2) is 151 Å². The molecular weight excluding hydrogens is 1040 g/mol. The van der Waals surface area contributed by atoms with Gasteiger partial charge in [0.05, 0.1) is 35.5 Å². The molecule has 4 fully saturated rings. The number of carbonyl (C=O) groups excluding carboxylic acids is 2. The molecule has 420 valence electrons. The van der Waals surface area contributed by atoms with E-state index in [1.165, 1.54) is 32.6 Å². The number of fused-ring (bicyclic) bond motifs is 3. The monoisotopic (exact) mass is 1100 g/mol. The van der Waals surface area contributed by atoms with Crippen molar-refractivity contribution >= 4 is 52.5 Å². The molecule has 18 nitrogen and oxygen atoms in total. The van der Waals surface area contributed by atoms with Crippen molar-refractivity contribution in [3.05, 3.63) is 116 Å². The van der Waals surface area contributed by atoms with Crippen molar-refractivity contribution in [1.29, 1.82) is 5.41 Å². The molecule has 4 saturated heterocycles. The Morgan fingerprint density at radius 2 is 1.39 bits per heavy atom. The van der Waals surface area contributed by atoms with Gasteiger partial charge >= 0.3 is 29.6 Å². The number of aromatic amines is 2. The zero-order chi connectivity index (χ0) is 55.4. The Kier molecular flexibility index (Phi) is 14.6. The summed E-state index contributed by atoms with van der Waals surface area (Å²) < 4.78 is 107. The van der Waals surface area contributed by atoms with Gasteiger partial charge in [-0.25, -0.2) is 41.7 Å². The molecule has 0 aliphatic carbocycles. The fourth-order valence-electron chi connectivity index (χ4n) is 12.8. The van der Waals surface area contributed by atoms with E-state index >= 15 is 8.78 Å². The number of urea groups is 2. The fourth-order valence-corrected chi connectivity index (χ4v) is 12.8. The summed E-state index contributed by atoms with van der Waals surface area (Å²) in [4.78, 5) is 76.6. The first kappa shape index (κ1) is 53.4. The van der Waals surface area contributed by atoms with Gasteiger partial charge in [0.2, 0.25) is 0 Å². The number of amidine groups is 2. The van der Waals surface area contributed by atoms with E-state index in [9.17, 15) is 41.1 Å². The van der Waals surface area contributed by atoms with E-state index in [0.29, 0.717) is 63.2 Å². The SMILES string of the molecule is CCC1CN=C2[C@H](NC(=O)N3CCC(n4c(=O)[nH]c5ncccc54)CC3)CC[C@@H](c3ccc(N4CC=Cc5c4[nH]c(=O)n5C4CCN(C(=O)N[C@@H]5CC[C@@H](c6cccc(F)c6F)CN(CC(F)(F)F)C5=N)CC4)c(F)c3F)CN21. The summed E-state index contributed by atoms with van der Waals surface area (Å²) in [5, 5.41) is 14.6. The third-order valence-electron chi connectivity index (χ3n) is 16.8. The van der Waals surface area contributed by atoms with Crippen molar-refractivity contribution in [2.45, 2.75) is 113 Å². The van der Waals surface area contributed by atoms with Gasteiger partial charge in [0, 0.05) is 82.0 Å². The van der Waals surface area contributed by atoms with Gasteiger partial charge < -0.3 is 35.1 Å². The largest absolute Gasteiger partial charge is 0.405 e. The number of amides is 4. The number of hydrogen-bond acceptors (Lipinski definition) is 9. The third-order valence-corrected chi connectivity index (χ3v) is 16.8. The van der Waals surface area contributed by atoms with Crippen LogP contribution in [-0.2, 0) is 0 Å². The molecule has 6 aliphatic heterocycles. The normalized spacial score (nSPS) is 23.4. The molecule has 0 saturated carbocycles. The minimum absolute atomic E-state index is 0.00592. The van der Waals surface area contributed by atoms with Crippen LogP contribution in [0.25, 0.3) is 17.2 Å². The molecule has 5 N–H and O–H groups in total. The van der Waals surface area contributed by atoms with E-state index in [-0.39, 0.29) is 91.8 Å². The summed E-state index contributed by atoms with van der Waals surface area (Å²) in [6.45, 7) is 2.21. The van der Waals surface area contributed by atoms with Crippen LogP contribution < -0.4 is 26.9 Å². The number of halogens is 7. The topological polar surface area (TPSA) is 199 Å². The fraction of sp³-hybridized carbons (Fsp3) is 0.500. The third kappa shape index (κ3) is 10.3. The minimum Gasteiger partial charge on any atom is -0.353 e. The predicted molar refractivity (Wildman–Crippen MR) is 281 cm³/mol. The number of piperidine rings is 2. The van der Waals surface area contributed by atoms with E-state index in [1.54, 1.807) is 39.9 Å². The van der Waals surface area contributed by atoms with Gasteiger partial charge in [-0.15, -0.1) is 0 Å². The Labute approximate surface area is 448 Å². The lowest BCUT2D eigenvalue weighted by atomic mass is 9.92. The number of pyridine rings is 1. The van der Waals surface area contributed by atoms with Crippen molar-refractivity contribution in [2.24, 2.45) is 4.99 Å². The van der Waals surface area contributed by atoms with Crippen molar-refractivity contribution in [3.63, 3.8) is 0 Å². The van der Waals surface area contributed by atoms with Gasteiger partial charge in [-0.1, -0.05) is 31.2 Å². The number of hydrogen-bond donors (Lipinski definition) is 5. The number of carbonyl (C=O) groups is 2. The van der Waals surface area contributed by atoms with E-state index in [1.807, 2.05) is 13.0 Å². The quantitative estimate of drug-likeness (QED) is 0.0920. The molecule has 5 aromatic rings. The molecule has 4 amide bonds. The molecule has 0 spiro atoms. The van der Waals surface area contributed by atoms with Gasteiger partial charge in [0.1, 0.15) is 24.0 Å². The maximum atomic E-state index is 16.7. The molecule has 0 radical (unpaired) electrons. The smallest absolute Gasteiger partial charge is 0.353 e. The molecule has 79 heavy (non-hydrogen) atoms. The highest BCUT2D eigenvalue weighted by atomic mass is 19.4. The van der Waals surface area contributed by atoms with Crippen LogP contribution >= 0.6 is 0 Å². The number of imidazole rings is 2. The van der Waals surface area contributed by atoms with E-state index < -0.39 is 90.1 Å². The summed E-state index contributed by atoms with van der Waals surface area (Å²) in [7, 11) is 0. The lowest BCUT2D eigenvalue weighted by molar-refractivity contribution is -0.138. The van der Waals surface area contributed by atoms with E-state index in [2.05, 4.69) is 30.5 Å². The van der Waals surface area contributed by atoms with Crippen molar-refractivity contribution < 1.29 is 40.3 Å². The number of nitrogens with zero attached hydrogens (tertiary/aromatic N) is 9. The molecule has 1 unspecified atom stereocenters. The molecule has 5 atom stereocenters.